The first-order valence-corrected chi connectivity index (χ1v) is 11.9. The summed E-state index contributed by atoms with van der Waals surface area (Å²) >= 11 is 0. The molecule has 0 aromatic heterocycles. The highest BCUT2D eigenvalue weighted by molar-refractivity contribution is 7.67. The summed E-state index contributed by atoms with van der Waals surface area (Å²) in [6.07, 6.45) is 13.9. The van der Waals surface area contributed by atoms with E-state index in [-0.39, 0.29) is 13.7 Å². The first-order chi connectivity index (χ1) is 12.8. The molecule has 0 unspecified atom stereocenters. The quantitative estimate of drug-likeness (QED) is 0.498. The molecule has 0 bridgehead atoms. The standard InChI is InChI=1S/C24H30FP/c25-23-17-9-7-15-21(23)22-16-8-10-18-24(22)26(19-11-3-1-4-12-19)20-13-5-2-6-14-20/h7-10,15-20H,1-6,11-14H2. The van der Waals surface area contributed by atoms with E-state index in [2.05, 4.69) is 24.3 Å². The van der Waals surface area contributed by atoms with Crippen LogP contribution in [0.2, 0.25) is 0 Å². The van der Waals surface area contributed by atoms with E-state index in [1.807, 2.05) is 12.1 Å². The molecule has 26 heavy (non-hydrogen) atoms. The van der Waals surface area contributed by atoms with Gasteiger partial charge >= 0.3 is 0 Å². The smallest absolute Gasteiger partial charge is 0.131 e. The largest absolute Gasteiger partial charge is 0.206 e. The van der Waals surface area contributed by atoms with Gasteiger partial charge < -0.3 is 0 Å². The monoisotopic (exact) mass is 368 g/mol. The van der Waals surface area contributed by atoms with Gasteiger partial charge in [0, 0.05) is 5.56 Å². The fraction of sp³-hybridized carbons (Fsp3) is 0.500. The summed E-state index contributed by atoms with van der Waals surface area (Å²) in [5, 5.41) is 1.48. The van der Waals surface area contributed by atoms with Gasteiger partial charge in [-0.25, -0.2) is 4.39 Å². The molecular weight excluding hydrogens is 338 g/mol. The Morgan fingerprint density at radius 2 is 1.12 bits per heavy atom. The fourth-order valence-electron chi connectivity index (χ4n) is 5.02. The second kappa shape index (κ2) is 8.66. The SMILES string of the molecule is Fc1ccccc1-c1ccccc1P(C1CCCCC1)C1CCCCC1. The zero-order valence-electron chi connectivity index (χ0n) is 15.7. The molecule has 2 aromatic carbocycles. The van der Waals surface area contributed by atoms with Crippen molar-refractivity contribution in [3.8, 4) is 11.1 Å². The van der Waals surface area contributed by atoms with Crippen LogP contribution in [0.3, 0.4) is 0 Å². The Morgan fingerprint density at radius 3 is 1.69 bits per heavy atom. The van der Waals surface area contributed by atoms with Gasteiger partial charge in [0.25, 0.3) is 0 Å². The van der Waals surface area contributed by atoms with E-state index in [0.717, 1.165) is 22.4 Å². The summed E-state index contributed by atoms with van der Waals surface area (Å²) in [5.74, 6) is -0.0813. The van der Waals surface area contributed by atoms with Crippen molar-refractivity contribution in [1.82, 2.24) is 0 Å². The summed E-state index contributed by atoms with van der Waals surface area (Å²) in [7, 11) is -0.216. The molecule has 0 aliphatic heterocycles. The van der Waals surface area contributed by atoms with E-state index >= 15 is 0 Å². The van der Waals surface area contributed by atoms with E-state index in [4.69, 9.17) is 0 Å². The Kier molecular flexibility index (Phi) is 6.05. The Morgan fingerprint density at radius 1 is 0.615 bits per heavy atom. The van der Waals surface area contributed by atoms with Crippen LogP contribution in [0.15, 0.2) is 48.5 Å². The summed E-state index contributed by atoms with van der Waals surface area (Å²) < 4.78 is 14.6. The van der Waals surface area contributed by atoms with Crippen LogP contribution in [0, 0.1) is 5.82 Å². The number of benzene rings is 2. The number of rotatable bonds is 4. The van der Waals surface area contributed by atoms with Crippen molar-refractivity contribution in [1.29, 1.82) is 0 Å². The predicted octanol–water partition coefficient (Wildman–Crippen LogP) is 7.27. The maximum Gasteiger partial charge on any atom is 0.131 e. The zero-order valence-corrected chi connectivity index (χ0v) is 16.6. The molecule has 138 valence electrons. The highest BCUT2D eigenvalue weighted by atomic mass is 31.1. The lowest BCUT2D eigenvalue weighted by atomic mass is 9.99. The van der Waals surface area contributed by atoms with Gasteiger partial charge in [-0.3, -0.25) is 0 Å². The summed E-state index contributed by atoms with van der Waals surface area (Å²) in [5.41, 5.74) is 3.64. The van der Waals surface area contributed by atoms with Crippen LogP contribution in [-0.2, 0) is 0 Å². The molecule has 0 radical (unpaired) electrons. The minimum absolute atomic E-state index is 0.0813. The summed E-state index contributed by atoms with van der Waals surface area (Å²) in [4.78, 5) is 0. The normalized spacial score (nSPS) is 19.8. The van der Waals surface area contributed by atoms with Gasteiger partial charge in [0.2, 0.25) is 0 Å². The fourth-order valence-corrected chi connectivity index (χ4v) is 8.97. The molecule has 0 amide bonds. The van der Waals surface area contributed by atoms with Crippen LogP contribution < -0.4 is 5.30 Å². The maximum atomic E-state index is 14.6. The van der Waals surface area contributed by atoms with Gasteiger partial charge in [-0.05, 0) is 53.9 Å². The summed E-state index contributed by atoms with van der Waals surface area (Å²) in [6, 6.07) is 16.1. The van der Waals surface area contributed by atoms with E-state index in [1.165, 1.54) is 69.5 Å². The summed E-state index contributed by atoms with van der Waals surface area (Å²) in [6.45, 7) is 0. The van der Waals surface area contributed by atoms with Crippen LogP contribution in [0.5, 0.6) is 0 Å². The van der Waals surface area contributed by atoms with E-state index in [1.54, 1.807) is 12.1 Å². The lowest BCUT2D eigenvalue weighted by molar-refractivity contribution is 0.487. The van der Waals surface area contributed by atoms with E-state index < -0.39 is 0 Å². The van der Waals surface area contributed by atoms with Crippen LogP contribution in [0.1, 0.15) is 64.2 Å². The molecule has 0 saturated heterocycles. The highest BCUT2D eigenvalue weighted by Gasteiger charge is 2.33. The minimum atomic E-state index is -0.216. The van der Waals surface area contributed by atoms with E-state index in [9.17, 15) is 4.39 Å². The van der Waals surface area contributed by atoms with Gasteiger partial charge in [0.15, 0.2) is 0 Å². The Hall–Kier alpha value is -1.20. The molecule has 0 heterocycles. The van der Waals surface area contributed by atoms with Crippen molar-refractivity contribution >= 4 is 13.2 Å². The molecule has 0 spiro atoms. The molecule has 0 atom stereocenters. The molecule has 2 saturated carbocycles. The van der Waals surface area contributed by atoms with Crippen molar-refractivity contribution in [2.75, 3.05) is 0 Å². The van der Waals surface area contributed by atoms with Gasteiger partial charge in [0.1, 0.15) is 5.82 Å². The number of hydrogen-bond donors (Lipinski definition) is 0. The Balaban J connectivity index is 1.77. The van der Waals surface area contributed by atoms with E-state index in [0.29, 0.717) is 0 Å². The van der Waals surface area contributed by atoms with Crippen LogP contribution in [0.25, 0.3) is 11.1 Å². The van der Waals surface area contributed by atoms with Gasteiger partial charge in [-0.2, -0.15) is 0 Å². The zero-order chi connectivity index (χ0) is 17.8. The molecule has 2 aliphatic rings. The van der Waals surface area contributed by atoms with Crippen molar-refractivity contribution in [3.05, 3.63) is 54.3 Å². The van der Waals surface area contributed by atoms with Crippen molar-refractivity contribution in [2.24, 2.45) is 0 Å². The van der Waals surface area contributed by atoms with Crippen LogP contribution in [-0.4, -0.2) is 11.3 Å². The van der Waals surface area contributed by atoms with Crippen LogP contribution in [0.4, 0.5) is 4.39 Å². The van der Waals surface area contributed by atoms with Gasteiger partial charge in [-0.15, -0.1) is 0 Å². The molecule has 0 nitrogen and oxygen atoms in total. The lowest BCUT2D eigenvalue weighted by Gasteiger charge is -2.39. The molecular formula is C24H30FP. The third-order valence-electron chi connectivity index (χ3n) is 6.28. The van der Waals surface area contributed by atoms with Crippen molar-refractivity contribution in [3.63, 3.8) is 0 Å². The topological polar surface area (TPSA) is 0 Å². The van der Waals surface area contributed by atoms with Gasteiger partial charge in [0.05, 0.1) is 0 Å². The third kappa shape index (κ3) is 3.89. The molecule has 2 fully saturated rings. The number of hydrogen-bond acceptors (Lipinski definition) is 0. The van der Waals surface area contributed by atoms with Crippen molar-refractivity contribution < 1.29 is 4.39 Å². The second-order valence-electron chi connectivity index (χ2n) is 7.99. The lowest BCUT2D eigenvalue weighted by Crippen LogP contribution is -2.27. The molecule has 2 heteroatoms. The molecule has 2 aliphatic carbocycles. The van der Waals surface area contributed by atoms with Gasteiger partial charge in [-0.1, -0.05) is 88.9 Å². The molecule has 0 N–H and O–H groups in total. The van der Waals surface area contributed by atoms with Crippen LogP contribution >= 0.6 is 7.92 Å². The Labute approximate surface area is 159 Å². The van der Waals surface area contributed by atoms with Crippen molar-refractivity contribution in [2.45, 2.75) is 75.5 Å². The minimum Gasteiger partial charge on any atom is -0.206 e. The molecule has 2 aromatic rings. The predicted molar refractivity (Wildman–Crippen MR) is 112 cm³/mol. The Bertz CT molecular complexity index is 696. The average molecular weight is 368 g/mol. The first-order valence-electron chi connectivity index (χ1n) is 10.5. The first kappa shape index (κ1) is 18.2. The highest BCUT2D eigenvalue weighted by Crippen LogP contribution is 2.56. The third-order valence-corrected chi connectivity index (χ3v) is 9.84. The maximum absolute atomic E-state index is 14.6. The number of halogens is 1. The average Bonchev–Trinajstić information content (AvgIpc) is 2.71. The second-order valence-corrected chi connectivity index (χ2v) is 10.7. The molecule has 4 rings (SSSR count).